The SMILES string of the molecule is CCCC1CCC23OC(=N)C(C#N)(C2C1)C(C#N)(C#N)C(c1ccc(SC)cc1)O3. The van der Waals surface area contributed by atoms with Crippen molar-refractivity contribution in [1.29, 1.82) is 21.2 Å². The van der Waals surface area contributed by atoms with Gasteiger partial charge in [-0.3, -0.25) is 5.41 Å². The van der Waals surface area contributed by atoms with E-state index in [1.54, 1.807) is 11.8 Å². The molecule has 1 N–H and O–H groups in total. The molecule has 1 aromatic rings. The van der Waals surface area contributed by atoms with Gasteiger partial charge in [0, 0.05) is 11.3 Å². The van der Waals surface area contributed by atoms with Gasteiger partial charge in [0.1, 0.15) is 6.10 Å². The lowest BCUT2D eigenvalue weighted by Crippen LogP contribution is -2.61. The van der Waals surface area contributed by atoms with Crippen LogP contribution in [0.3, 0.4) is 0 Å². The number of nitrogens with one attached hydrogen (secondary N) is 1. The molecule has 2 heterocycles. The third-order valence-corrected chi connectivity index (χ3v) is 7.88. The minimum atomic E-state index is -1.86. The Morgan fingerprint density at radius 1 is 1.17 bits per heavy atom. The fourth-order valence-electron chi connectivity index (χ4n) is 5.67. The molecule has 0 spiro atoms. The van der Waals surface area contributed by atoms with Gasteiger partial charge in [0.25, 0.3) is 0 Å². The summed E-state index contributed by atoms with van der Waals surface area (Å²) in [5, 5.41) is 39.6. The quantitative estimate of drug-likeness (QED) is 0.690. The van der Waals surface area contributed by atoms with Crippen molar-refractivity contribution in [2.24, 2.45) is 22.7 Å². The maximum absolute atomic E-state index is 10.4. The van der Waals surface area contributed by atoms with Crippen molar-refractivity contribution in [3.05, 3.63) is 29.8 Å². The fourth-order valence-corrected chi connectivity index (χ4v) is 6.08. The number of benzene rings is 1. The molecule has 1 aliphatic carbocycles. The summed E-state index contributed by atoms with van der Waals surface area (Å²) in [5.74, 6) is -1.56. The molecule has 30 heavy (non-hydrogen) atoms. The highest BCUT2D eigenvalue weighted by Gasteiger charge is 2.80. The Labute approximate surface area is 181 Å². The predicted octanol–water partition coefficient (Wildman–Crippen LogP) is 4.94. The van der Waals surface area contributed by atoms with E-state index in [0.29, 0.717) is 24.3 Å². The number of hydrogen-bond acceptors (Lipinski definition) is 7. The Balaban J connectivity index is 1.90. The largest absolute Gasteiger partial charge is 0.447 e. The zero-order valence-corrected chi connectivity index (χ0v) is 18.0. The van der Waals surface area contributed by atoms with Crippen LogP contribution in [0, 0.1) is 62.1 Å². The first kappa shape index (κ1) is 20.7. The first-order chi connectivity index (χ1) is 14.5. The van der Waals surface area contributed by atoms with Gasteiger partial charge in [0.05, 0.1) is 24.1 Å². The summed E-state index contributed by atoms with van der Waals surface area (Å²) in [6.07, 6.45) is 5.09. The van der Waals surface area contributed by atoms with Crippen molar-refractivity contribution in [2.75, 3.05) is 6.26 Å². The van der Waals surface area contributed by atoms with E-state index in [1.807, 2.05) is 30.5 Å². The fraction of sp³-hybridized carbons (Fsp3) is 0.565. The molecule has 4 rings (SSSR count). The third-order valence-electron chi connectivity index (χ3n) is 7.13. The van der Waals surface area contributed by atoms with Crippen LogP contribution in [0.25, 0.3) is 0 Å². The molecule has 0 amide bonds. The zero-order valence-electron chi connectivity index (χ0n) is 17.1. The van der Waals surface area contributed by atoms with Crippen molar-refractivity contribution in [3.8, 4) is 18.2 Å². The van der Waals surface area contributed by atoms with E-state index in [2.05, 4.69) is 25.1 Å². The van der Waals surface area contributed by atoms with E-state index < -0.39 is 28.6 Å². The lowest BCUT2D eigenvalue weighted by Gasteiger charge is -2.52. The molecule has 5 unspecified atom stereocenters. The molecule has 6 nitrogen and oxygen atoms in total. The average Bonchev–Trinajstić information content (AvgIpc) is 2.98. The van der Waals surface area contributed by atoms with Gasteiger partial charge < -0.3 is 9.47 Å². The van der Waals surface area contributed by atoms with Crippen LogP contribution in [0.1, 0.15) is 50.7 Å². The van der Waals surface area contributed by atoms with E-state index in [4.69, 9.17) is 14.9 Å². The second-order valence-corrected chi connectivity index (χ2v) is 9.33. The second kappa shape index (κ2) is 7.31. The molecule has 1 aromatic carbocycles. The standard InChI is InChI=1S/C23H24N4O2S/c1-3-4-15-9-10-23-18(11-15)22(14-26,20(27)29-23)21(12-24,13-25)19(28-23)16-5-7-17(30-2)8-6-16/h5-8,15,18-19,27H,3-4,9-11H2,1-2H3. The summed E-state index contributed by atoms with van der Waals surface area (Å²) in [6.45, 7) is 2.12. The normalized spacial score (nSPS) is 36.0. The summed E-state index contributed by atoms with van der Waals surface area (Å²) in [6, 6.07) is 14.0. The first-order valence-electron chi connectivity index (χ1n) is 10.3. The van der Waals surface area contributed by atoms with E-state index in [1.165, 1.54) is 0 Å². The third kappa shape index (κ3) is 2.48. The molecule has 2 bridgehead atoms. The maximum Gasteiger partial charge on any atom is 0.217 e. The molecule has 5 atom stereocenters. The monoisotopic (exact) mass is 420 g/mol. The van der Waals surface area contributed by atoms with Gasteiger partial charge in [-0.25, -0.2) is 0 Å². The van der Waals surface area contributed by atoms with E-state index in [0.717, 1.165) is 24.2 Å². The van der Waals surface area contributed by atoms with Gasteiger partial charge in [-0.05, 0) is 42.7 Å². The van der Waals surface area contributed by atoms with E-state index in [9.17, 15) is 15.8 Å². The summed E-state index contributed by atoms with van der Waals surface area (Å²) in [7, 11) is 0. The highest BCUT2D eigenvalue weighted by Crippen LogP contribution is 2.70. The van der Waals surface area contributed by atoms with Crippen LogP contribution in [0.2, 0.25) is 0 Å². The van der Waals surface area contributed by atoms with Gasteiger partial charge >= 0.3 is 0 Å². The van der Waals surface area contributed by atoms with Crippen molar-refractivity contribution in [3.63, 3.8) is 0 Å². The van der Waals surface area contributed by atoms with Crippen LogP contribution in [-0.4, -0.2) is 17.9 Å². The molecule has 7 heteroatoms. The summed E-state index contributed by atoms with van der Waals surface area (Å²) in [5.41, 5.74) is -2.86. The lowest BCUT2D eigenvalue weighted by atomic mass is 9.50. The minimum Gasteiger partial charge on any atom is -0.447 e. The Morgan fingerprint density at radius 2 is 1.87 bits per heavy atom. The van der Waals surface area contributed by atoms with Crippen molar-refractivity contribution in [1.82, 2.24) is 0 Å². The number of nitrogens with zero attached hydrogens (tertiary/aromatic N) is 3. The average molecular weight is 421 g/mol. The van der Waals surface area contributed by atoms with Gasteiger partial charge in [-0.1, -0.05) is 31.9 Å². The topological polar surface area (TPSA) is 114 Å². The second-order valence-electron chi connectivity index (χ2n) is 8.45. The maximum atomic E-state index is 10.4. The lowest BCUT2D eigenvalue weighted by molar-refractivity contribution is -0.299. The molecule has 154 valence electrons. The number of rotatable bonds is 4. The minimum absolute atomic E-state index is 0.293. The van der Waals surface area contributed by atoms with Crippen LogP contribution in [0.4, 0.5) is 0 Å². The summed E-state index contributed by atoms with van der Waals surface area (Å²) in [4.78, 5) is 1.05. The Morgan fingerprint density at radius 3 is 2.43 bits per heavy atom. The van der Waals surface area contributed by atoms with E-state index in [-0.39, 0.29) is 5.90 Å². The number of ether oxygens (including phenoxy) is 2. The van der Waals surface area contributed by atoms with Crippen molar-refractivity contribution < 1.29 is 9.47 Å². The summed E-state index contributed by atoms with van der Waals surface area (Å²) < 4.78 is 12.5. The Hall–Kier alpha value is -2.53. The van der Waals surface area contributed by atoms with Gasteiger partial charge in [-0.15, -0.1) is 11.8 Å². The highest BCUT2D eigenvalue weighted by atomic mass is 32.2. The van der Waals surface area contributed by atoms with Gasteiger partial charge in [0.2, 0.25) is 17.1 Å². The Bertz CT molecular complexity index is 974. The van der Waals surface area contributed by atoms with Crippen molar-refractivity contribution in [2.45, 2.75) is 55.8 Å². The Kier molecular flexibility index (Phi) is 5.05. The zero-order chi connectivity index (χ0) is 21.6. The molecule has 2 saturated heterocycles. The van der Waals surface area contributed by atoms with Crippen LogP contribution in [0.5, 0.6) is 0 Å². The molecule has 0 aromatic heterocycles. The van der Waals surface area contributed by atoms with E-state index >= 15 is 0 Å². The van der Waals surface area contributed by atoms with Gasteiger partial charge in [-0.2, -0.15) is 15.8 Å². The predicted molar refractivity (Wildman–Crippen MR) is 111 cm³/mol. The molecule has 2 aliphatic heterocycles. The molecule has 0 radical (unpaired) electrons. The molecular weight excluding hydrogens is 396 g/mol. The van der Waals surface area contributed by atoms with Gasteiger partial charge in [0.15, 0.2) is 5.41 Å². The molecule has 3 aliphatic rings. The van der Waals surface area contributed by atoms with Crippen LogP contribution >= 0.6 is 11.8 Å². The number of thioether (sulfide) groups is 1. The first-order valence-corrected chi connectivity index (χ1v) is 11.5. The number of nitriles is 3. The number of hydrogen-bond donors (Lipinski definition) is 1. The van der Waals surface area contributed by atoms with Crippen molar-refractivity contribution >= 4 is 17.7 Å². The highest BCUT2D eigenvalue weighted by molar-refractivity contribution is 7.98. The van der Waals surface area contributed by atoms with Crippen LogP contribution in [-0.2, 0) is 9.47 Å². The molecule has 3 fully saturated rings. The van der Waals surface area contributed by atoms with Crippen LogP contribution < -0.4 is 0 Å². The smallest absolute Gasteiger partial charge is 0.217 e. The van der Waals surface area contributed by atoms with Crippen LogP contribution in [0.15, 0.2) is 29.2 Å². The summed E-state index contributed by atoms with van der Waals surface area (Å²) >= 11 is 1.59. The molecular formula is C23H24N4O2S. The molecule has 1 saturated carbocycles.